The van der Waals surface area contributed by atoms with E-state index in [1.54, 1.807) is 18.2 Å². The van der Waals surface area contributed by atoms with E-state index in [0.29, 0.717) is 12.0 Å². The predicted octanol–water partition coefficient (Wildman–Crippen LogP) is 2.21. The second-order valence-corrected chi connectivity index (χ2v) is 4.80. The molecule has 0 radical (unpaired) electrons. The van der Waals surface area contributed by atoms with Gasteiger partial charge < -0.3 is 15.4 Å². The zero-order valence-corrected chi connectivity index (χ0v) is 12.5. The Morgan fingerprint density at radius 1 is 1.33 bits per heavy atom. The van der Waals surface area contributed by atoms with E-state index in [2.05, 4.69) is 15.4 Å². The number of rotatable bonds is 6. The van der Waals surface area contributed by atoms with E-state index in [9.17, 15) is 14.0 Å². The SMILES string of the molecule is CCC(C)[C@@H](NC(=O)NCc1ccccc1F)C(=O)OC. The fraction of sp³-hybridized carbons (Fsp3) is 0.467. The molecule has 2 N–H and O–H groups in total. The first-order chi connectivity index (χ1) is 9.99. The van der Waals surface area contributed by atoms with Gasteiger partial charge in [-0.2, -0.15) is 0 Å². The molecule has 0 aliphatic heterocycles. The summed E-state index contributed by atoms with van der Waals surface area (Å²) in [6.07, 6.45) is 0.716. The molecular formula is C15H21FN2O3. The monoisotopic (exact) mass is 296 g/mol. The van der Waals surface area contributed by atoms with Crippen LogP contribution in [-0.4, -0.2) is 25.2 Å². The lowest BCUT2D eigenvalue weighted by atomic mass is 9.99. The van der Waals surface area contributed by atoms with E-state index in [1.807, 2.05) is 13.8 Å². The van der Waals surface area contributed by atoms with Crippen LogP contribution < -0.4 is 10.6 Å². The van der Waals surface area contributed by atoms with Crippen LogP contribution in [-0.2, 0) is 16.1 Å². The Balaban J connectivity index is 2.58. The molecule has 0 aliphatic rings. The number of carbonyl (C=O) groups is 2. The lowest BCUT2D eigenvalue weighted by Crippen LogP contribution is -2.49. The molecule has 0 fully saturated rings. The van der Waals surface area contributed by atoms with Gasteiger partial charge in [0.15, 0.2) is 0 Å². The molecular weight excluding hydrogens is 275 g/mol. The van der Waals surface area contributed by atoms with Crippen LogP contribution >= 0.6 is 0 Å². The van der Waals surface area contributed by atoms with Crippen molar-refractivity contribution >= 4 is 12.0 Å². The topological polar surface area (TPSA) is 67.4 Å². The van der Waals surface area contributed by atoms with Gasteiger partial charge in [0.2, 0.25) is 0 Å². The van der Waals surface area contributed by atoms with Crippen molar-refractivity contribution in [2.45, 2.75) is 32.9 Å². The molecule has 0 aliphatic carbocycles. The van der Waals surface area contributed by atoms with Gasteiger partial charge in [-0.05, 0) is 12.0 Å². The first-order valence-electron chi connectivity index (χ1n) is 6.85. The van der Waals surface area contributed by atoms with Crippen molar-refractivity contribution in [3.05, 3.63) is 35.6 Å². The van der Waals surface area contributed by atoms with E-state index < -0.39 is 18.0 Å². The Hall–Kier alpha value is -2.11. The zero-order valence-electron chi connectivity index (χ0n) is 12.5. The van der Waals surface area contributed by atoms with Gasteiger partial charge in [0.05, 0.1) is 7.11 Å². The molecule has 2 amide bonds. The van der Waals surface area contributed by atoms with Crippen LogP contribution in [0.15, 0.2) is 24.3 Å². The first kappa shape index (κ1) is 16.9. The number of ether oxygens (including phenoxy) is 1. The second-order valence-electron chi connectivity index (χ2n) is 4.80. The summed E-state index contributed by atoms with van der Waals surface area (Å²) in [5, 5.41) is 5.09. The lowest BCUT2D eigenvalue weighted by molar-refractivity contribution is -0.144. The van der Waals surface area contributed by atoms with Crippen molar-refractivity contribution in [2.24, 2.45) is 5.92 Å². The van der Waals surface area contributed by atoms with Gasteiger partial charge in [0.1, 0.15) is 11.9 Å². The molecule has 21 heavy (non-hydrogen) atoms. The van der Waals surface area contributed by atoms with Crippen molar-refractivity contribution in [1.29, 1.82) is 0 Å². The van der Waals surface area contributed by atoms with Crippen LogP contribution in [0, 0.1) is 11.7 Å². The molecule has 1 rings (SSSR count). The summed E-state index contributed by atoms with van der Waals surface area (Å²) in [5.41, 5.74) is 0.380. The summed E-state index contributed by atoms with van der Waals surface area (Å²) in [4.78, 5) is 23.5. The number of amides is 2. The van der Waals surface area contributed by atoms with Gasteiger partial charge >= 0.3 is 12.0 Å². The van der Waals surface area contributed by atoms with Gasteiger partial charge in [-0.25, -0.2) is 14.0 Å². The number of methoxy groups -OCH3 is 1. The molecule has 1 aromatic carbocycles. The average Bonchev–Trinajstić information content (AvgIpc) is 2.50. The molecule has 0 saturated carbocycles. The van der Waals surface area contributed by atoms with E-state index in [0.717, 1.165) is 0 Å². The Morgan fingerprint density at radius 2 is 2.00 bits per heavy atom. The third-order valence-corrected chi connectivity index (χ3v) is 3.35. The third kappa shape index (κ3) is 5.06. The van der Waals surface area contributed by atoms with E-state index in [1.165, 1.54) is 13.2 Å². The maximum absolute atomic E-state index is 13.4. The lowest BCUT2D eigenvalue weighted by Gasteiger charge is -2.22. The fourth-order valence-electron chi connectivity index (χ4n) is 1.81. The van der Waals surface area contributed by atoms with Crippen LogP contribution in [0.4, 0.5) is 9.18 Å². The van der Waals surface area contributed by atoms with E-state index in [4.69, 9.17) is 0 Å². The summed E-state index contributed by atoms with van der Waals surface area (Å²) in [5.74, 6) is -0.939. The summed E-state index contributed by atoms with van der Waals surface area (Å²) >= 11 is 0. The van der Waals surface area contributed by atoms with Crippen LogP contribution in [0.2, 0.25) is 0 Å². The first-order valence-corrected chi connectivity index (χ1v) is 6.85. The Kier molecular flexibility index (Phi) is 6.65. The minimum atomic E-state index is -0.722. The largest absolute Gasteiger partial charge is 0.467 e. The molecule has 6 heteroatoms. The van der Waals surface area contributed by atoms with Crippen molar-refractivity contribution in [3.8, 4) is 0 Å². The van der Waals surface area contributed by atoms with Crippen molar-refractivity contribution < 1.29 is 18.7 Å². The highest BCUT2D eigenvalue weighted by molar-refractivity contribution is 5.83. The zero-order chi connectivity index (χ0) is 15.8. The standard InChI is InChI=1S/C15H21FN2O3/c1-4-10(2)13(14(19)21-3)18-15(20)17-9-11-7-5-6-8-12(11)16/h5-8,10,13H,4,9H2,1-3H3,(H2,17,18,20)/t10?,13-/m1/s1. The van der Waals surface area contributed by atoms with E-state index in [-0.39, 0.29) is 18.3 Å². The summed E-state index contributed by atoms with van der Waals surface area (Å²) in [6.45, 7) is 3.81. The predicted molar refractivity (Wildman–Crippen MR) is 77.0 cm³/mol. The summed E-state index contributed by atoms with van der Waals surface area (Å²) in [7, 11) is 1.27. The highest BCUT2D eigenvalue weighted by Crippen LogP contribution is 2.09. The molecule has 0 spiro atoms. The number of urea groups is 1. The van der Waals surface area contributed by atoms with Crippen LogP contribution in [0.3, 0.4) is 0 Å². The van der Waals surface area contributed by atoms with Crippen molar-refractivity contribution in [1.82, 2.24) is 10.6 Å². The van der Waals surface area contributed by atoms with Gasteiger partial charge in [-0.3, -0.25) is 0 Å². The number of hydrogen-bond acceptors (Lipinski definition) is 3. The second kappa shape index (κ2) is 8.24. The molecule has 1 unspecified atom stereocenters. The smallest absolute Gasteiger partial charge is 0.328 e. The molecule has 2 atom stereocenters. The average molecular weight is 296 g/mol. The fourth-order valence-corrected chi connectivity index (χ4v) is 1.81. The number of halogens is 1. The molecule has 1 aromatic rings. The van der Waals surface area contributed by atoms with Gasteiger partial charge in [-0.15, -0.1) is 0 Å². The van der Waals surface area contributed by atoms with Crippen molar-refractivity contribution in [3.63, 3.8) is 0 Å². The quantitative estimate of drug-likeness (QED) is 0.791. The number of benzene rings is 1. The molecule has 116 valence electrons. The van der Waals surface area contributed by atoms with Crippen LogP contribution in [0.5, 0.6) is 0 Å². The van der Waals surface area contributed by atoms with Crippen LogP contribution in [0.1, 0.15) is 25.8 Å². The summed E-state index contributed by atoms with van der Waals surface area (Å²) < 4.78 is 18.1. The van der Waals surface area contributed by atoms with Gasteiger partial charge in [0.25, 0.3) is 0 Å². The third-order valence-electron chi connectivity index (χ3n) is 3.35. The number of esters is 1. The van der Waals surface area contributed by atoms with Gasteiger partial charge in [0, 0.05) is 12.1 Å². The van der Waals surface area contributed by atoms with Crippen LogP contribution in [0.25, 0.3) is 0 Å². The molecule has 5 nitrogen and oxygen atoms in total. The Morgan fingerprint density at radius 3 is 2.57 bits per heavy atom. The molecule has 0 saturated heterocycles. The summed E-state index contributed by atoms with van der Waals surface area (Å²) in [6, 6.07) is 4.92. The van der Waals surface area contributed by atoms with Gasteiger partial charge in [-0.1, -0.05) is 38.5 Å². The Labute approximate surface area is 123 Å². The normalized spacial score (nSPS) is 13.1. The molecule has 0 heterocycles. The number of hydrogen-bond donors (Lipinski definition) is 2. The highest BCUT2D eigenvalue weighted by atomic mass is 19.1. The minimum Gasteiger partial charge on any atom is -0.467 e. The molecule has 0 bridgehead atoms. The maximum Gasteiger partial charge on any atom is 0.328 e. The van der Waals surface area contributed by atoms with Crippen molar-refractivity contribution in [2.75, 3.05) is 7.11 Å². The minimum absolute atomic E-state index is 0.0485. The number of nitrogens with one attached hydrogen (secondary N) is 2. The Bertz CT molecular complexity index is 494. The molecule has 0 aromatic heterocycles. The van der Waals surface area contributed by atoms with E-state index >= 15 is 0 Å². The maximum atomic E-state index is 13.4. The number of carbonyl (C=O) groups excluding carboxylic acids is 2. The highest BCUT2D eigenvalue weighted by Gasteiger charge is 2.26.